The molecular formula is C23H39F3N2O8. The third kappa shape index (κ3) is 8.48. The van der Waals surface area contributed by atoms with Crippen molar-refractivity contribution in [3.05, 3.63) is 0 Å². The number of rotatable bonds is 2. The average Bonchev–Trinajstić information content (AvgIpc) is 3.12. The fourth-order valence-corrected chi connectivity index (χ4v) is 3.55. The van der Waals surface area contributed by atoms with Crippen LogP contribution in [0, 0.1) is 0 Å². The Bertz CT molecular complexity index is 803. The molecule has 2 saturated heterocycles. The number of aliphatic hydroxyl groups excluding tert-OH is 1. The summed E-state index contributed by atoms with van der Waals surface area (Å²) in [6, 6.07) is -2.09. The molecule has 210 valence electrons. The number of nitrogens with zero attached hydrogens (tertiary/aromatic N) is 2. The minimum absolute atomic E-state index is 0.218. The zero-order valence-electron chi connectivity index (χ0n) is 22.6. The minimum Gasteiger partial charge on any atom is -0.444 e. The van der Waals surface area contributed by atoms with Gasteiger partial charge in [0.05, 0.1) is 19.3 Å². The van der Waals surface area contributed by atoms with E-state index in [1.54, 1.807) is 55.4 Å². The maximum Gasteiger partial charge on any atom is 0.416 e. The lowest BCUT2D eigenvalue weighted by Gasteiger charge is -2.36. The molecule has 2 rings (SSSR count). The quantitative estimate of drug-likeness (QED) is 0.538. The smallest absolute Gasteiger partial charge is 0.416 e. The van der Waals surface area contributed by atoms with Gasteiger partial charge in [-0.3, -0.25) is 9.80 Å². The number of aldehydes is 1. The Morgan fingerprint density at radius 2 is 1.28 bits per heavy atom. The molecule has 2 heterocycles. The zero-order chi connectivity index (χ0) is 28.5. The van der Waals surface area contributed by atoms with E-state index in [0.717, 1.165) is 4.90 Å². The number of aliphatic hydroxyl groups is 1. The maximum absolute atomic E-state index is 12.6. The number of halogens is 3. The molecule has 2 amide bonds. The number of ether oxygens (including phenoxy) is 4. The first-order chi connectivity index (χ1) is 15.9. The minimum atomic E-state index is -4.84. The monoisotopic (exact) mass is 528 g/mol. The Morgan fingerprint density at radius 1 is 0.889 bits per heavy atom. The van der Waals surface area contributed by atoms with Crippen LogP contribution >= 0.6 is 0 Å². The molecule has 0 aromatic rings. The van der Waals surface area contributed by atoms with Gasteiger partial charge in [-0.2, -0.15) is 13.2 Å². The lowest BCUT2D eigenvalue weighted by atomic mass is 10.1. The lowest BCUT2D eigenvalue weighted by molar-refractivity contribution is -0.218. The van der Waals surface area contributed by atoms with E-state index < -0.39 is 65.8 Å². The summed E-state index contributed by atoms with van der Waals surface area (Å²) in [5.41, 5.74) is -3.51. The average molecular weight is 529 g/mol. The van der Waals surface area contributed by atoms with Gasteiger partial charge in [-0.25, -0.2) is 9.59 Å². The SMILES string of the molecule is CC(C)(C)OC(=O)N1[C@H](C(O)C(F)(F)F)COC1(C)C.CC(C)(C)OC(=O)N1[C@H](C=O)COC1(C)C. The second kappa shape index (κ2) is 10.7. The number of amides is 2. The highest BCUT2D eigenvalue weighted by Crippen LogP contribution is 2.35. The van der Waals surface area contributed by atoms with Crippen LogP contribution in [0.4, 0.5) is 22.8 Å². The number of hydrogen-bond donors (Lipinski definition) is 1. The number of alkyl halides is 3. The van der Waals surface area contributed by atoms with Crippen molar-refractivity contribution in [1.29, 1.82) is 0 Å². The van der Waals surface area contributed by atoms with Crippen molar-refractivity contribution >= 4 is 18.5 Å². The molecule has 3 atom stereocenters. The van der Waals surface area contributed by atoms with Gasteiger partial charge in [0.15, 0.2) is 6.10 Å². The molecule has 0 aliphatic carbocycles. The first kappa shape index (κ1) is 31.9. The highest BCUT2D eigenvalue weighted by atomic mass is 19.4. The summed E-state index contributed by atoms with van der Waals surface area (Å²) < 4.78 is 58.8. The second-order valence-electron chi connectivity index (χ2n) is 11.5. The molecule has 0 spiro atoms. The summed E-state index contributed by atoms with van der Waals surface area (Å²) in [6.45, 7) is 16.3. The van der Waals surface area contributed by atoms with Crippen LogP contribution in [-0.4, -0.2) is 93.6 Å². The molecule has 1 unspecified atom stereocenters. The highest BCUT2D eigenvalue weighted by Gasteiger charge is 2.55. The molecule has 1 N–H and O–H groups in total. The fourth-order valence-electron chi connectivity index (χ4n) is 3.55. The molecule has 0 aromatic heterocycles. The van der Waals surface area contributed by atoms with Gasteiger partial charge in [0, 0.05) is 0 Å². The van der Waals surface area contributed by atoms with Gasteiger partial charge in [0.25, 0.3) is 0 Å². The molecule has 2 aliphatic rings. The molecular weight excluding hydrogens is 489 g/mol. The number of carbonyl (C=O) groups is 3. The number of hydrogen-bond acceptors (Lipinski definition) is 8. The molecule has 36 heavy (non-hydrogen) atoms. The van der Waals surface area contributed by atoms with Gasteiger partial charge in [-0.15, -0.1) is 0 Å². The maximum atomic E-state index is 12.6. The van der Waals surface area contributed by atoms with Gasteiger partial charge >= 0.3 is 18.4 Å². The van der Waals surface area contributed by atoms with E-state index in [0.29, 0.717) is 6.29 Å². The van der Waals surface area contributed by atoms with Gasteiger partial charge in [0.2, 0.25) is 0 Å². The van der Waals surface area contributed by atoms with Crippen LogP contribution in [0.15, 0.2) is 0 Å². The predicted molar refractivity (Wildman–Crippen MR) is 122 cm³/mol. The third-order valence-corrected chi connectivity index (χ3v) is 5.08. The molecule has 0 radical (unpaired) electrons. The van der Waals surface area contributed by atoms with Crippen LogP contribution < -0.4 is 0 Å². The first-order valence-corrected chi connectivity index (χ1v) is 11.5. The molecule has 2 fully saturated rings. The third-order valence-electron chi connectivity index (χ3n) is 5.08. The van der Waals surface area contributed by atoms with Gasteiger partial charge in [-0.05, 0) is 69.2 Å². The van der Waals surface area contributed by atoms with E-state index in [4.69, 9.17) is 18.9 Å². The van der Waals surface area contributed by atoms with E-state index >= 15 is 0 Å². The Morgan fingerprint density at radius 3 is 1.67 bits per heavy atom. The summed E-state index contributed by atoms with van der Waals surface area (Å²) in [4.78, 5) is 37.0. The highest BCUT2D eigenvalue weighted by molar-refractivity contribution is 5.75. The Hall–Kier alpha value is -2.12. The van der Waals surface area contributed by atoms with Crippen molar-refractivity contribution in [3.8, 4) is 0 Å². The molecule has 0 aromatic carbocycles. The lowest BCUT2D eigenvalue weighted by Crippen LogP contribution is -2.56. The van der Waals surface area contributed by atoms with E-state index in [2.05, 4.69) is 0 Å². The van der Waals surface area contributed by atoms with Gasteiger partial charge in [-0.1, -0.05) is 0 Å². The van der Waals surface area contributed by atoms with Crippen molar-refractivity contribution in [2.24, 2.45) is 0 Å². The zero-order valence-corrected chi connectivity index (χ0v) is 22.6. The van der Waals surface area contributed by atoms with Crippen molar-refractivity contribution in [3.63, 3.8) is 0 Å². The van der Waals surface area contributed by atoms with E-state index in [1.807, 2.05) is 0 Å². The van der Waals surface area contributed by atoms with Crippen LogP contribution in [0.5, 0.6) is 0 Å². The van der Waals surface area contributed by atoms with Crippen molar-refractivity contribution < 1.29 is 51.6 Å². The molecule has 0 saturated carbocycles. The van der Waals surface area contributed by atoms with E-state index in [9.17, 15) is 32.7 Å². The van der Waals surface area contributed by atoms with Crippen LogP contribution in [0.2, 0.25) is 0 Å². The summed E-state index contributed by atoms with van der Waals surface area (Å²) in [7, 11) is 0. The van der Waals surface area contributed by atoms with Crippen molar-refractivity contribution in [1.82, 2.24) is 9.80 Å². The standard InChI is InChI=1S/C12H20F3NO4.C11H19NO4/c1-10(2,3)20-9(18)16-7(6-19-11(16,4)5)8(17)12(13,14)15;1-10(2,3)16-9(14)12-8(6-13)7-15-11(12,4)5/h7-8,17H,6H2,1-5H3;6,8H,7H2,1-5H3/t7-,8?;8-/m01/s1. The Labute approximate surface area is 210 Å². The number of carbonyl (C=O) groups excluding carboxylic acids is 3. The summed E-state index contributed by atoms with van der Waals surface area (Å²) in [5, 5.41) is 9.38. The largest absolute Gasteiger partial charge is 0.444 e. The topological polar surface area (TPSA) is 115 Å². The van der Waals surface area contributed by atoms with Crippen LogP contribution in [0.1, 0.15) is 69.2 Å². The van der Waals surface area contributed by atoms with E-state index in [1.165, 1.54) is 18.7 Å². The van der Waals surface area contributed by atoms with Crippen molar-refractivity contribution in [2.75, 3.05) is 13.2 Å². The van der Waals surface area contributed by atoms with Crippen molar-refractivity contribution in [2.45, 2.75) is 116 Å². The second-order valence-corrected chi connectivity index (χ2v) is 11.5. The molecule has 13 heteroatoms. The van der Waals surface area contributed by atoms with E-state index in [-0.39, 0.29) is 6.61 Å². The Kier molecular flexibility index (Phi) is 9.49. The summed E-state index contributed by atoms with van der Waals surface area (Å²) in [5.74, 6) is 0. The normalized spacial score (nSPS) is 24.5. The van der Waals surface area contributed by atoms with Crippen LogP contribution in [-0.2, 0) is 23.7 Å². The van der Waals surface area contributed by atoms with Gasteiger partial charge < -0.3 is 28.8 Å². The predicted octanol–water partition coefficient (Wildman–Crippen LogP) is 3.84. The van der Waals surface area contributed by atoms with Gasteiger partial charge in [0.1, 0.15) is 35.0 Å². The Balaban J connectivity index is 0.000000369. The fraction of sp³-hybridized carbons (Fsp3) is 0.870. The molecule has 10 nitrogen and oxygen atoms in total. The first-order valence-electron chi connectivity index (χ1n) is 11.5. The van der Waals surface area contributed by atoms with Crippen LogP contribution in [0.25, 0.3) is 0 Å². The summed E-state index contributed by atoms with van der Waals surface area (Å²) >= 11 is 0. The molecule has 2 aliphatic heterocycles. The summed E-state index contributed by atoms with van der Waals surface area (Å²) in [6.07, 6.45) is -8.29. The van der Waals surface area contributed by atoms with Crippen LogP contribution in [0.3, 0.4) is 0 Å². The molecule has 0 bridgehead atoms.